The number of halogens is 1. The molecule has 0 aliphatic heterocycles. The molecular formula is C13H8BrN3OS. The Morgan fingerprint density at radius 3 is 2.63 bits per heavy atom. The zero-order valence-electron chi connectivity index (χ0n) is 9.65. The molecule has 0 atom stereocenters. The fourth-order valence-electron chi connectivity index (χ4n) is 1.48. The van der Waals surface area contributed by atoms with Crippen LogP contribution in [0.4, 0.5) is 0 Å². The molecule has 94 valence electrons. The van der Waals surface area contributed by atoms with Crippen molar-refractivity contribution in [2.45, 2.75) is 0 Å². The minimum absolute atomic E-state index is 0.503. The molecule has 1 aromatic carbocycles. The summed E-state index contributed by atoms with van der Waals surface area (Å²) in [5, 5.41) is 0.503. The summed E-state index contributed by atoms with van der Waals surface area (Å²) in [7, 11) is 0. The van der Waals surface area contributed by atoms with Crippen molar-refractivity contribution in [1.82, 2.24) is 14.3 Å². The maximum Gasteiger partial charge on any atom is 0.299 e. The third-order valence-electron chi connectivity index (χ3n) is 2.34. The van der Waals surface area contributed by atoms with Gasteiger partial charge in [0.05, 0.1) is 6.20 Å². The Labute approximate surface area is 122 Å². The minimum Gasteiger partial charge on any atom is -0.428 e. The van der Waals surface area contributed by atoms with E-state index in [2.05, 4.69) is 30.3 Å². The first-order chi connectivity index (χ1) is 9.31. The second kappa shape index (κ2) is 5.46. The lowest BCUT2D eigenvalue weighted by atomic mass is 10.2. The SMILES string of the molecule is Brc1ccc(Oc2nc(-c3ccccc3)ns2)cn1. The van der Waals surface area contributed by atoms with Crippen LogP contribution in [0.5, 0.6) is 10.9 Å². The van der Waals surface area contributed by atoms with Crippen LogP contribution in [-0.2, 0) is 0 Å². The van der Waals surface area contributed by atoms with E-state index >= 15 is 0 Å². The maximum atomic E-state index is 5.60. The fourth-order valence-corrected chi connectivity index (χ4v) is 2.29. The summed E-state index contributed by atoms with van der Waals surface area (Å²) < 4.78 is 10.6. The molecule has 2 aromatic heterocycles. The molecule has 0 radical (unpaired) electrons. The van der Waals surface area contributed by atoms with Gasteiger partial charge in [0.15, 0.2) is 5.82 Å². The van der Waals surface area contributed by atoms with Gasteiger partial charge in [-0.25, -0.2) is 4.98 Å². The van der Waals surface area contributed by atoms with Gasteiger partial charge in [0.2, 0.25) is 0 Å². The topological polar surface area (TPSA) is 47.9 Å². The first kappa shape index (κ1) is 12.3. The summed E-state index contributed by atoms with van der Waals surface area (Å²) in [6, 6.07) is 13.4. The summed E-state index contributed by atoms with van der Waals surface area (Å²) >= 11 is 4.49. The van der Waals surface area contributed by atoms with E-state index in [0.29, 0.717) is 16.8 Å². The normalized spacial score (nSPS) is 10.4. The maximum absolute atomic E-state index is 5.60. The highest BCUT2D eigenvalue weighted by Gasteiger charge is 2.08. The van der Waals surface area contributed by atoms with Crippen molar-refractivity contribution in [2.75, 3.05) is 0 Å². The summed E-state index contributed by atoms with van der Waals surface area (Å²) in [6.45, 7) is 0. The van der Waals surface area contributed by atoms with Gasteiger partial charge in [-0.3, -0.25) is 0 Å². The van der Waals surface area contributed by atoms with Crippen LogP contribution in [0.3, 0.4) is 0 Å². The number of ether oxygens (including phenoxy) is 1. The monoisotopic (exact) mass is 333 g/mol. The molecule has 2 heterocycles. The molecule has 3 aromatic rings. The van der Waals surface area contributed by atoms with Crippen LogP contribution in [0.1, 0.15) is 0 Å². The molecule has 3 rings (SSSR count). The average Bonchev–Trinajstić information content (AvgIpc) is 2.91. The number of pyridine rings is 1. The largest absolute Gasteiger partial charge is 0.428 e. The molecule has 0 saturated heterocycles. The second-order valence-corrected chi connectivity index (χ2v) is 5.20. The molecule has 0 bridgehead atoms. The van der Waals surface area contributed by atoms with Crippen LogP contribution >= 0.6 is 27.5 Å². The molecule has 0 unspecified atom stereocenters. The highest BCUT2D eigenvalue weighted by Crippen LogP contribution is 2.26. The molecule has 19 heavy (non-hydrogen) atoms. The molecule has 0 aliphatic carbocycles. The minimum atomic E-state index is 0.503. The molecule has 0 saturated carbocycles. The van der Waals surface area contributed by atoms with Gasteiger partial charge in [-0.15, -0.1) is 0 Å². The number of benzene rings is 1. The quantitative estimate of drug-likeness (QED) is 0.675. The Morgan fingerprint density at radius 1 is 1.05 bits per heavy atom. The van der Waals surface area contributed by atoms with Crippen LogP contribution in [-0.4, -0.2) is 14.3 Å². The van der Waals surface area contributed by atoms with Gasteiger partial charge in [0, 0.05) is 17.1 Å². The van der Waals surface area contributed by atoms with Crippen LogP contribution in [0.15, 0.2) is 53.3 Å². The molecule has 4 nitrogen and oxygen atoms in total. The van der Waals surface area contributed by atoms with Crippen LogP contribution in [0.2, 0.25) is 0 Å². The first-order valence-corrected chi connectivity index (χ1v) is 7.06. The Bertz CT molecular complexity index is 670. The predicted molar refractivity (Wildman–Crippen MR) is 77.4 cm³/mol. The van der Waals surface area contributed by atoms with Crippen LogP contribution in [0, 0.1) is 0 Å². The first-order valence-electron chi connectivity index (χ1n) is 5.50. The number of aromatic nitrogens is 3. The lowest BCUT2D eigenvalue weighted by Crippen LogP contribution is -1.85. The Balaban J connectivity index is 1.80. The number of rotatable bonds is 3. The van der Waals surface area contributed by atoms with Gasteiger partial charge >= 0.3 is 0 Å². The van der Waals surface area contributed by atoms with Crippen LogP contribution < -0.4 is 4.74 Å². The molecule has 0 N–H and O–H groups in total. The molecule has 0 spiro atoms. The van der Waals surface area contributed by atoms with Gasteiger partial charge in [-0.05, 0) is 28.1 Å². The Hall–Kier alpha value is -1.79. The highest BCUT2D eigenvalue weighted by atomic mass is 79.9. The molecule has 6 heteroatoms. The summed E-state index contributed by atoms with van der Waals surface area (Å²) in [4.78, 5) is 8.43. The predicted octanol–water partition coefficient (Wildman–Crippen LogP) is 4.15. The van der Waals surface area contributed by atoms with Crippen LogP contribution in [0.25, 0.3) is 11.4 Å². The van der Waals surface area contributed by atoms with Crippen molar-refractivity contribution in [3.8, 4) is 22.3 Å². The van der Waals surface area contributed by atoms with Crippen molar-refractivity contribution in [1.29, 1.82) is 0 Å². The third-order valence-corrected chi connectivity index (χ3v) is 3.41. The summed E-state index contributed by atoms with van der Waals surface area (Å²) in [5.74, 6) is 1.31. The highest BCUT2D eigenvalue weighted by molar-refractivity contribution is 9.10. The van der Waals surface area contributed by atoms with Gasteiger partial charge in [-0.2, -0.15) is 9.36 Å². The van der Waals surface area contributed by atoms with E-state index in [0.717, 1.165) is 10.2 Å². The van der Waals surface area contributed by atoms with Crippen molar-refractivity contribution in [3.05, 3.63) is 53.3 Å². The van der Waals surface area contributed by atoms with Crippen molar-refractivity contribution >= 4 is 27.5 Å². The van der Waals surface area contributed by atoms with Gasteiger partial charge in [0.1, 0.15) is 10.4 Å². The third kappa shape index (κ3) is 2.97. The lowest BCUT2D eigenvalue weighted by molar-refractivity contribution is 0.476. The summed E-state index contributed by atoms with van der Waals surface area (Å²) in [6.07, 6.45) is 1.63. The van der Waals surface area contributed by atoms with Gasteiger partial charge < -0.3 is 4.74 Å². The van der Waals surface area contributed by atoms with Crippen molar-refractivity contribution in [3.63, 3.8) is 0 Å². The Kier molecular flexibility index (Phi) is 3.52. The number of hydrogen-bond acceptors (Lipinski definition) is 5. The van der Waals surface area contributed by atoms with E-state index in [1.807, 2.05) is 42.5 Å². The zero-order chi connectivity index (χ0) is 13.1. The fraction of sp³-hybridized carbons (Fsp3) is 0. The molecule has 0 aliphatic rings. The van der Waals surface area contributed by atoms with Gasteiger partial charge in [-0.1, -0.05) is 30.3 Å². The van der Waals surface area contributed by atoms with E-state index in [-0.39, 0.29) is 0 Å². The van der Waals surface area contributed by atoms with E-state index in [4.69, 9.17) is 4.74 Å². The standard InChI is InChI=1S/C13H8BrN3OS/c14-11-7-6-10(8-15-11)18-13-16-12(17-19-13)9-4-2-1-3-5-9/h1-8H. The Morgan fingerprint density at radius 2 is 1.89 bits per heavy atom. The number of hydrogen-bond donors (Lipinski definition) is 0. The molecule has 0 amide bonds. The van der Waals surface area contributed by atoms with E-state index in [1.165, 1.54) is 11.5 Å². The smallest absolute Gasteiger partial charge is 0.299 e. The van der Waals surface area contributed by atoms with E-state index < -0.39 is 0 Å². The lowest BCUT2D eigenvalue weighted by Gasteiger charge is -1.99. The van der Waals surface area contributed by atoms with Gasteiger partial charge in [0.25, 0.3) is 5.19 Å². The second-order valence-electron chi connectivity index (χ2n) is 3.67. The average molecular weight is 334 g/mol. The molecule has 0 fully saturated rings. The van der Waals surface area contributed by atoms with Crippen molar-refractivity contribution < 1.29 is 4.74 Å². The zero-order valence-corrected chi connectivity index (χ0v) is 12.1. The van der Waals surface area contributed by atoms with E-state index in [1.54, 1.807) is 6.20 Å². The summed E-state index contributed by atoms with van der Waals surface area (Å²) in [5.41, 5.74) is 0.975. The molecular weight excluding hydrogens is 326 g/mol. The van der Waals surface area contributed by atoms with Crippen molar-refractivity contribution in [2.24, 2.45) is 0 Å². The van der Waals surface area contributed by atoms with E-state index in [9.17, 15) is 0 Å². The number of nitrogens with zero attached hydrogens (tertiary/aromatic N) is 3.